The third-order valence-corrected chi connectivity index (χ3v) is 3.57. The Bertz CT molecular complexity index is 631. The van der Waals surface area contributed by atoms with E-state index in [0.717, 1.165) is 24.3 Å². The van der Waals surface area contributed by atoms with Gasteiger partial charge in [0.05, 0.1) is 25.2 Å². The van der Waals surface area contributed by atoms with Gasteiger partial charge in [0, 0.05) is 29.7 Å². The lowest BCUT2D eigenvalue weighted by atomic mass is 9.91. The van der Waals surface area contributed by atoms with Crippen LogP contribution in [0.1, 0.15) is 0 Å². The summed E-state index contributed by atoms with van der Waals surface area (Å²) >= 11 is 0. The van der Waals surface area contributed by atoms with E-state index in [-0.39, 0.29) is 39.6 Å². The van der Waals surface area contributed by atoms with E-state index in [1.165, 1.54) is 0 Å². The van der Waals surface area contributed by atoms with Crippen LogP contribution < -0.4 is 0 Å². The van der Waals surface area contributed by atoms with Crippen LogP contribution in [0.5, 0.6) is 0 Å². The second kappa shape index (κ2) is 13.9. The zero-order valence-corrected chi connectivity index (χ0v) is 17.5. The lowest BCUT2D eigenvalue weighted by molar-refractivity contribution is -0.162. The van der Waals surface area contributed by atoms with Crippen LogP contribution >= 0.6 is 0 Å². The zero-order valence-electron chi connectivity index (χ0n) is 17.5. The first-order valence-corrected chi connectivity index (χ1v) is 8.98. The van der Waals surface area contributed by atoms with Crippen molar-refractivity contribution >= 4 is 23.9 Å². The molecule has 0 rings (SSSR count). The molecule has 31 heavy (non-hydrogen) atoms. The molecule has 0 fully saturated rings. The Morgan fingerprint density at radius 2 is 0.871 bits per heavy atom. The van der Waals surface area contributed by atoms with Crippen molar-refractivity contribution in [2.24, 2.45) is 10.8 Å². The number of esters is 4. The quantitative estimate of drug-likeness (QED) is 0.202. The van der Waals surface area contributed by atoms with Gasteiger partial charge in [-0.15, -0.1) is 0 Å². The van der Waals surface area contributed by atoms with Crippen molar-refractivity contribution < 1.29 is 42.9 Å². The van der Waals surface area contributed by atoms with Gasteiger partial charge in [-0.05, 0) is 13.8 Å². The maximum atomic E-state index is 11.6. The van der Waals surface area contributed by atoms with Gasteiger partial charge in [0.2, 0.25) is 0 Å². The van der Waals surface area contributed by atoms with Crippen molar-refractivity contribution in [2.45, 2.75) is 0 Å². The Labute approximate surface area is 182 Å². The highest BCUT2D eigenvalue weighted by atomic mass is 16.6. The topological polar surface area (TPSA) is 114 Å². The molecule has 0 aliphatic rings. The van der Waals surface area contributed by atoms with Gasteiger partial charge in [0.15, 0.2) is 0 Å². The van der Waals surface area contributed by atoms with Crippen LogP contribution in [0.4, 0.5) is 0 Å². The van der Waals surface area contributed by atoms with Gasteiger partial charge >= 0.3 is 23.9 Å². The van der Waals surface area contributed by atoms with Gasteiger partial charge in [-0.2, -0.15) is 0 Å². The molecule has 0 aliphatic carbocycles. The molecule has 0 aromatic rings. The average molecular weight is 436 g/mol. The van der Waals surface area contributed by atoms with Crippen LogP contribution in [0.3, 0.4) is 0 Å². The fourth-order valence-electron chi connectivity index (χ4n) is 1.91. The van der Waals surface area contributed by atoms with Crippen molar-refractivity contribution in [3.8, 4) is 0 Å². The maximum absolute atomic E-state index is 11.6. The molecule has 0 N–H and O–H groups in total. The predicted octanol–water partition coefficient (Wildman–Crippen LogP) is 1.56. The largest absolute Gasteiger partial charge is 0.462 e. The first-order valence-electron chi connectivity index (χ1n) is 8.98. The molecule has 0 heterocycles. The molecular formula is C22H28O9. The van der Waals surface area contributed by atoms with Crippen LogP contribution in [0.15, 0.2) is 50.6 Å². The van der Waals surface area contributed by atoms with Crippen molar-refractivity contribution in [1.82, 2.24) is 0 Å². The molecule has 170 valence electrons. The minimum absolute atomic E-state index is 0.0978. The van der Waals surface area contributed by atoms with E-state index >= 15 is 0 Å². The van der Waals surface area contributed by atoms with E-state index in [1.54, 1.807) is 0 Å². The Morgan fingerprint density at radius 1 is 0.548 bits per heavy atom. The molecule has 0 aromatic carbocycles. The Hall–Kier alpha value is -3.20. The highest BCUT2D eigenvalue weighted by Gasteiger charge is 2.37. The maximum Gasteiger partial charge on any atom is 0.330 e. The van der Waals surface area contributed by atoms with Crippen LogP contribution in [-0.2, 0) is 42.9 Å². The number of hydrogen-bond acceptors (Lipinski definition) is 9. The summed E-state index contributed by atoms with van der Waals surface area (Å²) in [5, 5.41) is 0. The second-order valence-electron chi connectivity index (χ2n) is 6.74. The van der Waals surface area contributed by atoms with Gasteiger partial charge in [-0.25, -0.2) is 19.2 Å². The van der Waals surface area contributed by atoms with Gasteiger partial charge in [-0.1, -0.05) is 26.3 Å². The summed E-state index contributed by atoms with van der Waals surface area (Å²) in [6, 6.07) is 0. The van der Waals surface area contributed by atoms with Crippen LogP contribution in [0.25, 0.3) is 0 Å². The number of hydrogen-bond donors (Lipinski definition) is 0. The highest BCUT2D eigenvalue weighted by Crippen LogP contribution is 2.24. The van der Waals surface area contributed by atoms with Gasteiger partial charge < -0.3 is 23.7 Å². The van der Waals surface area contributed by atoms with Gasteiger partial charge in [-0.3, -0.25) is 0 Å². The standard InChI is InChI=1S/C22H28O9/c1-7-17(23)28-12-21(5,6)11-27-13-22(14-29-18(24)8-2,15-30-19(25)9-3)16-31-20(26)10-4/h7-10H,1-6,11-16H2. The van der Waals surface area contributed by atoms with Crippen molar-refractivity contribution in [3.63, 3.8) is 0 Å². The lowest BCUT2D eigenvalue weighted by Crippen LogP contribution is -2.44. The molecule has 0 aromatic heterocycles. The summed E-state index contributed by atoms with van der Waals surface area (Å²) in [6.45, 7) is 19.4. The van der Waals surface area contributed by atoms with Crippen molar-refractivity contribution in [2.75, 3.05) is 39.6 Å². The summed E-state index contributed by atoms with van der Waals surface area (Å²) in [5.74, 6) is -2.87. The molecule has 0 atom stereocenters. The molecular weight excluding hydrogens is 408 g/mol. The second-order valence-corrected chi connectivity index (χ2v) is 6.74. The molecule has 0 bridgehead atoms. The molecule has 2 radical (unpaired) electrons. The molecule has 9 nitrogen and oxygen atoms in total. The van der Waals surface area contributed by atoms with Gasteiger partial charge in [0.1, 0.15) is 19.8 Å². The van der Waals surface area contributed by atoms with Gasteiger partial charge in [0.25, 0.3) is 0 Å². The number of carbonyl (C=O) groups excluding carboxylic acids is 4. The monoisotopic (exact) mass is 436 g/mol. The Morgan fingerprint density at radius 3 is 1.19 bits per heavy atom. The van der Waals surface area contributed by atoms with E-state index < -0.39 is 34.7 Å². The van der Waals surface area contributed by atoms with E-state index in [0.29, 0.717) is 0 Å². The molecule has 0 saturated heterocycles. The fourth-order valence-corrected chi connectivity index (χ4v) is 1.91. The lowest BCUT2D eigenvalue weighted by Gasteiger charge is -2.33. The van der Waals surface area contributed by atoms with E-state index in [9.17, 15) is 19.2 Å². The first-order chi connectivity index (χ1) is 14.5. The zero-order chi connectivity index (χ0) is 23.9. The summed E-state index contributed by atoms with van der Waals surface area (Å²) in [5.41, 5.74) is -2.35. The molecule has 0 amide bonds. The van der Waals surface area contributed by atoms with Crippen molar-refractivity contribution in [3.05, 3.63) is 64.5 Å². The van der Waals surface area contributed by atoms with Crippen LogP contribution in [0.2, 0.25) is 0 Å². The normalized spacial score (nSPS) is 10.9. The molecule has 9 heteroatoms. The SMILES string of the molecule is [CH2]C([CH2])(COCC(COC(=O)C=C)(COC(=O)C=C)COC(=O)C=C)COC(=O)C=C. The Kier molecular flexibility index (Phi) is 12.5. The fraction of sp³-hybridized carbons (Fsp3) is 0.364. The average Bonchev–Trinajstić information content (AvgIpc) is 2.76. The molecule has 0 unspecified atom stereocenters. The van der Waals surface area contributed by atoms with Crippen LogP contribution in [0, 0.1) is 24.7 Å². The number of rotatable bonds is 16. The van der Waals surface area contributed by atoms with Crippen molar-refractivity contribution in [1.29, 1.82) is 0 Å². The summed E-state index contributed by atoms with van der Waals surface area (Å²) in [6.07, 6.45) is 3.84. The first kappa shape index (κ1) is 27.8. The summed E-state index contributed by atoms with van der Waals surface area (Å²) in [7, 11) is 0. The summed E-state index contributed by atoms with van der Waals surface area (Å²) in [4.78, 5) is 45.9. The van der Waals surface area contributed by atoms with E-state index in [1.807, 2.05) is 0 Å². The third-order valence-electron chi connectivity index (χ3n) is 3.57. The third kappa shape index (κ3) is 12.2. The molecule has 0 saturated carbocycles. The number of ether oxygens (including phenoxy) is 5. The van der Waals surface area contributed by atoms with E-state index in [2.05, 4.69) is 40.2 Å². The smallest absolute Gasteiger partial charge is 0.330 e. The van der Waals surface area contributed by atoms with E-state index in [4.69, 9.17) is 23.7 Å². The minimum atomic E-state index is -1.27. The minimum Gasteiger partial charge on any atom is -0.462 e. The molecule has 0 aliphatic heterocycles. The molecule has 0 spiro atoms. The van der Waals surface area contributed by atoms with Crippen LogP contribution in [-0.4, -0.2) is 63.5 Å². The highest BCUT2D eigenvalue weighted by molar-refractivity contribution is 5.82. The predicted molar refractivity (Wildman–Crippen MR) is 111 cm³/mol. The summed E-state index contributed by atoms with van der Waals surface area (Å²) < 4.78 is 25.8. The number of carbonyl (C=O) groups is 4. The Balaban J connectivity index is 5.38.